The zero-order chi connectivity index (χ0) is 16.3. The summed E-state index contributed by atoms with van der Waals surface area (Å²) in [7, 11) is 1.63. The molecular formula is C12H17F6N3. The maximum atomic E-state index is 12.8. The van der Waals surface area contributed by atoms with Gasteiger partial charge in [-0.05, 0) is 13.0 Å². The molecule has 3 nitrogen and oxygen atoms in total. The van der Waals surface area contributed by atoms with Gasteiger partial charge < -0.3 is 9.88 Å². The molecule has 1 aromatic heterocycles. The first kappa shape index (κ1) is 17.8. The molecule has 1 heterocycles. The van der Waals surface area contributed by atoms with Crippen LogP contribution in [-0.2, 0) is 13.5 Å². The molecule has 0 saturated heterocycles. The smallest absolute Gasteiger partial charge is 0.338 e. The summed E-state index contributed by atoms with van der Waals surface area (Å²) in [5.74, 6) is -2.94. The van der Waals surface area contributed by atoms with E-state index in [1.165, 1.54) is 13.1 Å². The number of nitrogens with one attached hydrogen (secondary N) is 1. The van der Waals surface area contributed by atoms with Crippen molar-refractivity contribution in [3.63, 3.8) is 0 Å². The molecule has 0 aromatic carbocycles. The highest BCUT2D eigenvalue weighted by Crippen LogP contribution is 2.42. The normalized spacial score (nSPS) is 14.7. The highest BCUT2D eigenvalue weighted by molar-refractivity contribution is 4.94. The Hall–Kier alpha value is -1.25. The fourth-order valence-corrected chi connectivity index (χ4v) is 2.21. The van der Waals surface area contributed by atoms with Crippen LogP contribution in [0.1, 0.15) is 19.2 Å². The van der Waals surface area contributed by atoms with E-state index >= 15 is 0 Å². The number of hydrogen-bond acceptors (Lipinski definition) is 2. The molecule has 1 aromatic rings. The Morgan fingerprint density at radius 2 is 1.76 bits per heavy atom. The lowest BCUT2D eigenvalue weighted by Gasteiger charge is -2.31. The molecule has 0 spiro atoms. The van der Waals surface area contributed by atoms with Gasteiger partial charge in [-0.25, -0.2) is 4.98 Å². The zero-order valence-corrected chi connectivity index (χ0v) is 11.6. The van der Waals surface area contributed by atoms with Gasteiger partial charge in [0.2, 0.25) is 0 Å². The average molecular weight is 317 g/mol. The van der Waals surface area contributed by atoms with Crippen molar-refractivity contribution >= 4 is 0 Å². The minimum atomic E-state index is -5.34. The summed E-state index contributed by atoms with van der Waals surface area (Å²) in [6, 6.07) is -1.73. The third-order valence-electron chi connectivity index (χ3n) is 3.17. The number of halogens is 6. The second-order valence-electron chi connectivity index (χ2n) is 4.72. The standard InChI is InChI=1S/C12H17F6N3/c1-3-19-8(4-5-9-20-6-7-21(9)2)10(11(13,14)15)12(16,17)18/h6-8,10,19H,3-5H2,1-2H3. The van der Waals surface area contributed by atoms with Crippen LogP contribution in [0.4, 0.5) is 26.3 Å². The largest absolute Gasteiger partial charge is 0.401 e. The van der Waals surface area contributed by atoms with Gasteiger partial charge in [0.25, 0.3) is 0 Å². The summed E-state index contributed by atoms with van der Waals surface area (Å²) in [5, 5.41) is 2.30. The predicted octanol–water partition coefficient (Wildman–Crippen LogP) is 3.07. The molecule has 21 heavy (non-hydrogen) atoms. The van der Waals surface area contributed by atoms with Crippen LogP contribution in [0.25, 0.3) is 0 Å². The average Bonchev–Trinajstić information content (AvgIpc) is 2.68. The Morgan fingerprint density at radius 3 is 2.14 bits per heavy atom. The van der Waals surface area contributed by atoms with Crippen LogP contribution in [-0.4, -0.2) is 34.5 Å². The third kappa shape index (κ3) is 4.90. The molecule has 1 N–H and O–H groups in total. The van der Waals surface area contributed by atoms with Crippen LogP contribution in [0.5, 0.6) is 0 Å². The first-order valence-corrected chi connectivity index (χ1v) is 6.40. The van der Waals surface area contributed by atoms with Crippen molar-refractivity contribution in [2.75, 3.05) is 6.54 Å². The molecule has 1 unspecified atom stereocenters. The molecule has 1 rings (SSSR count). The van der Waals surface area contributed by atoms with Crippen LogP contribution < -0.4 is 5.32 Å². The number of rotatable bonds is 6. The fraction of sp³-hybridized carbons (Fsp3) is 0.750. The molecule has 0 aliphatic carbocycles. The highest BCUT2D eigenvalue weighted by Gasteiger charge is 2.59. The van der Waals surface area contributed by atoms with E-state index < -0.39 is 24.3 Å². The van der Waals surface area contributed by atoms with Crippen LogP contribution in [0.15, 0.2) is 12.4 Å². The molecule has 1 atom stereocenters. The molecule has 0 fully saturated rings. The third-order valence-corrected chi connectivity index (χ3v) is 3.17. The topological polar surface area (TPSA) is 29.9 Å². The molecule has 0 aliphatic heterocycles. The van der Waals surface area contributed by atoms with Crippen molar-refractivity contribution in [1.29, 1.82) is 0 Å². The second kappa shape index (κ2) is 6.67. The van der Waals surface area contributed by atoms with Crippen molar-refractivity contribution in [2.24, 2.45) is 13.0 Å². The lowest BCUT2D eigenvalue weighted by molar-refractivity contribution is -0.292. The summed E-state index contributed by atoms with van der Waals surface area (Å²) in [5.41, 5.74) is 0. The van der Waals surface area contributed by atoms with Gasteiger partial charge in [-0.2, -0.15) is 26.3 Å². The minimum absolute atomic E-state index is 0.0217. The number of aryl methyl sites for hydroxylation is 2. The van der Waals surface area contributed by atoms with Gasteiger partial charge in [-0.3, -0.25) is 0 Å². The Morgan fingerprint density at radius 1 is 1.19 bits per heavy atom. The van der Waals surface area contributed by atoms with Gasteiger partial charge in [0.1, 0.15) is 5.82 Å². The van der Waals surface area contributed by atoms with E-state index in [-0.39, 0.29) is 19.4 Å². The van der Waals surface area contributed by atoms with Crippen LogP contribution in [0.3, 0.4) is 0 Å². The van der Waals surface area contributed by atoms with Crippen molar-refractivity contribution in [2.45, 2.75) is 38.2 Å². The quantitative estimate of drug-likeness (QED) is 0.817. The van der Waals surface area contributed by atoms with Gasteiger partial charge in [-0.1, -0.05) is 6.92 Å². The van der Waals surface area contributed by atoms with E-state index in [9.17, 15) is 26.3 Å². The predicted molar refractivity (Wildman–Crippen MR) is 64.6 cm³/mol. The number of aromatic nitrogens is 2. The number of hydrogen-bond donors (Lipinski definition) is 1. The van der Waals surface area contributed by atoms with Gasteiger partial charge in [-0.15, -0.1) is 0 Å². The van der Waals surface area contributed by atoms with Crippen LogP contribution in [0.2, 0.25) is 0 Å². The van der Waals surface area contributed by atoms with Crippen molar-refractivity contribution < 1.29 is 26.3 Å². The molecular weight excluding hydrogens is 300 g/mol. The minimum Gasteiger partial charge on any atom is -0.338 e. The van der Waals surface area contributed by atoms with E-state index in [2.05, 4.69) is 10.3 Å². The number of alkyl halides is 6. The van der Waals surface area contributed by atoms with Crippen LogP contribution in [0, 0.1) is 5.92 Å². The number of nitrogens with zero attached hydrogens (tertiary/aromatic N) is 2. The fourth-order valence-electron chi connectivity index (χ4n) is 2.21. The lowest BCUT2D eigenvalue weighted by Crippen LogP contribution is -2.51. The zero-order valence-electron chi connectivity index (χ0n) is 11.6. The summed E-state index contributed by atoms with van der Waals surface area (Å²) >= 11 is 0. The molecule has 122 valence electrons. The summed E-state index contributed by atoms with van der Waals surface area (Å²) in [4.78, 5) is 3.90. The SMILES string of the molecule is CCNC(CCc1nccn1C)C(C(F)(F)F)C(F)(F)F. The Bertz CT molecular complexity index is 423. The van der Waals surface area contributed by atoms with E-state index in [1.807, 2.05) is 0 Å². The monoisotopic (exact) mass is 317 g/mol. The van der Waals surface area contributed by atoms with E-state index in [1.54, 1.807) is 17.8 Å². The van der Waals surface area contributed by atoms with E-state index in [4.69, 9.17) is 0 Å². The highest BCUT2D eigenvalue weighted by atomic mass is 19.4. The molecule has 0 radical (unpaired) electrons. The summed E-state index contributed by atoms with van der Waals surface area (Å²) < 4.78 is 78.1. The molecule has 0 bridgehead atoms. The first-order chi connectivity index (χ1) is 9.57. The lowest BCUT2D eigenvalue weighted by atomic mass is 9.94. The Labute approximate surface area is 118 Å². The molecule has 0 saturated carbocycles. The summed E-state index contributed by atoms with van der Waals surface area (Å²) in [6.07, 6.45) is -7.92. The second-order valence-corrected chi connectivity index (χ2v) is 4.72. The van der Waals surface area contributed by atoms with Crippen LogP contribution >= 0.6 is 0 Å². The van der Waals surface area contributed by atoms with Gasteiger partial charge in [0.15, 0.2) is 5.92 Å². The maximum Gasteiger partial charge on any atom is 0.401 e. The van der Waals surface area contributed by atoms with Crippen molar-refractivity contribution in [3.05, 3.63) is 18.2 Å². The molecule has 0 aliphatic rings. The Balaban J connectivity index is 2.89. The van der Waals surface area contributed by atoms with Crippen molar-refractivity contribution in [3.8, 4) is 0 Å². The van der Waals surface area contributed by atoms with Gasteiger partial charge in [0.05, 0.1) is 0 Å². The van der Waals surface area contributed by atoms with Gasteiger partial charge in [0, 0.05) is 31.9 Å². The van der Waals surface area contributed by atoms with E-state index in [0.29, 0.717) is 5.82 Å². The summed E-state index contributed by atoms with van der Waals surface area (Å²) in [6.45, 7) is 1.49. The molecule has 9 heteroatoms. The maximum absolute atomic E-state index is 12.8. The van der Waals surface area contributed by atoms with Gasteiger partial charge >= 0.3 is 12.4 Å². The van der Waals surface area contributed by atoms with Crippen molar-refractivity contribution in [1.82, 2.24) is 14.9 Å². The molecule has 0 amide bonds. The van der Waals surface area contributed by atoms with E-state index in [0.717, 1.165) is 0 Å². The first-order valence-electron chi connectivity index (χ1n) is 6.40. The number of imidazole rings is 1. The Kier molecular flexibility index (Phi) is 5.66.